The highest BCUT2D eigenvalue weighted by Gasteiger charge is 2.20. The number of carbonyl (C=O) groups is 1. The minimum absolute atomic E-state index is 0.0185. The van der Waals surface area contributed by atoms with Crippen LogP contribution in [-0.4, -0.2) is 33.7 Å². The first kappa shape index (κ1) is 20.7. The summed E-state index contributed by atoms with van der Waals surface area (Å²) in [6.07, 6.45) is 8.32. The molecular formula is C20H32N2O3S. The second-order valence-corrected chi connectivity index (χ2v) is 9.37. The molecule has 1 aromatic rings. The topological polar surface area (TPSA) is 66.5 Å². The zero-order chi connectivity index (χ0) is 19.2. The van der Waals surface area contributed by atoms with Crippen molar-refractivity contribution < 1.29 is 13.2 Å². The number of amides is 1. The molecule has 1 aromatic carbocycles. The molecule has 5 nitrogen and oxygen atoms in total. The van der Waals surface area contributed by atoms with Crippen LogP contribution < -0.4 is 9.62 Å². The molecule has 6 heteroatoms. The molecule has 0 radical (unpaired) electrons. The molecule has 146 valence electrons. The van der Waals surface area contributed by atoms with Gasteiger partial charge in [-0.1, -0.05) is 31.4 Å². The largest absolute Gasteiger partial charge is 0.356 e. The number of anilines is 1. The molecule has 0 atom stereocenters. The fourth-order valence-electron chi connectivity index (χ4n) is 3.59. The average Bonchev–Trinajstić information content (AvgIpc) is 2.60. The van der Waals surface area contributed by atoms with Gasteiger partial charge in [0.2, 0.25) is 15.9 Å². The summed E-state index contributed by atoms with van der Waals surface area (Å²) in [5.74, 6) is 0.625. The summed E-state index contributed by atoms with van der Waals surface area (Å²) >= 11 is 0. The fourth-order valence-corrected chi connectivity index (χ4v) is 4.61. The van der Waals surface area contributed by atoms with Gasteiger partial charge in [0.15, 0.2) is 0 Å². The monoisotopic (exact) mass is 380 g/mol. The lowest BCUT2D eigenvalue weighted by molar-refractivity contribution is -0.121. The highest BCUT2D eigenvalue weighted by molar-refractivity contribution is 7.92. The predicted octanol–water partition coefficient (Wildman–Crippen LogP) is 3.55. The number of aryl methyl sites for hydroxylation is 1. The maximum Gasteiger partial charge on any atom is 0.232 e. The lowest BCUT2D eigenvalue weighted by Crippen LogP contribution is -2.33. The van der Waals surface area contributed by atoms with Gasteiger partial charge >= 0.3 is 0 Å². The summed E-state index contributed by atoms with van der Waals surface area (Å²) in [7, 11) is -3.38. The molecule has 0 spiro atoms. The SMILES string of the molecule is Cc1cccc(N(CCCC(=O)NCC2CCCCC2)S(C)(=O)=O)c1C. The molecule has 1 aliphatic carbocycles. The summed E-state index contributed by atoms with van der Waals surface area (Å²) in [4.78, 5) is 12.1. The summed E-state index contributed by atoms with van der Waals surface area (Å²) < 4.78 is 25.9. The Kier molecular flexibility index (Phi) is 7.50. The molecule has 0 bridgehead atoms. The third-order valence-corrected chi connectivity index (χ3v) is 6.50. The van der Waals surface area contributed by atoms with Crippen LogP contribution in [0.15, 0.2) is 18.2 Å². The van der Waals surface area contributed by atoms with Crippen LogP contribution in [0.25, 0.3) is 0 Å². The van der Waals surface area contributed by atoms with Gasteiger partial charge in [-0.3, -0.25) is 9.10 Å². The maximum atomic E-state index is 12.2. The fraction of sp³-hybridized carbons (Fsp3) is 0.650. The number of hydrogen-bond acceptors (Lipinski definition) is 3. The van der Waals surface area contributed by atoms with Gasteiger partial charge in [0.05, 0.1) is 11.9 Å². The van der Waals surface area contributed by atoms with Gasteiger partial charge in [0, 0.05) is 19.5 Å². The molecule has 0 saturated heterocycles. The van der Waals surface area contributed by atoms with Crippen molar-refractivity contribution >= 4 is 21.6 Å². The third kappa shape index (κ3) is 6.01. The number of hydrogen-bond donors (Lipinski definition) is 1. The van der Waals surface area contributed by atoms with E-state index in [1.165, 1.54) is 42.7 Å². The van der Waals surface area contributed by atoms with Gasteiger partial charge in [-0.2, -0.15) is 0 Å². The van der Waals surface area contributed by atoms with E-state index in [2.05, 4.69) is 5.32 Å². The minimum Gasteiger partial charge on any atom is -0.356 e. The van der Waals surface area contributed by atoms with Gasteiger partial charge in [-0.05, 0) is 56.2 Å². The van der Waals surface area contributed by atoms with Crippen LogP contribution in [0.5, 0.6) is 0 Å². The number of carbonyl (C=O) groups excluding carboxylic acids is 1. The molecular weight excluding hydrogens is 348 g/mol. The van der Waals surface area contributed by atoms with E-state index in [-0.39, 0.29) is 5.91 Å². The van der Waals surface area contributed by atoms with Crippen LogP contribution in [0.2, 0.25) is 0 Å². The van der Waals surface area contributed by atoms with Gasteiger partial charge < -0.3 is 5.32 Å². The molecule has 1 aliphatic rings. The normalized spacial score (nSPS) is 15.7. The Bertz CT molecular complexity index is 710. The highest BCUT2D eigenvalue weighted by atomic mass is 32.2. The van der Waals surface area contributed by atoms with Crippen LogP contribution in [0.4, 0.5) is 5.69 Å². The van der Waals surface area contributed by atoms with Gasteiger partial charge in [0.1, 0.15) is 0 Å². The van der Waals surface area contributed by atoms with Crippen LogP contribution in [-0.2, 0) is 14.8 Å². The van der Waals surface area contributed by atoms with Crippen molar-refractivity contribution in [3.63, 3.8) is 0 Å². The molecule has 0 aromatic heterocycles. The number of benzene rings is 1. The van der Waals surface area contributed by atoms with Crippen LogP contribution >= 0.6 is 0 Å². The Balaban J connectivity index is 1.87. The van der Waals surface area contributed by atoms with E-state index < -0.39 is 10.0 Å². The second kappa shape index (κ2) is 9.40. The van der Waals surface area contributed by atoms with Gasteiger partial charge in [-0.15, -0.1) is 0 Å². The Morgan fingerprint density at radius 2 is 1.88 bits per heavy atom. The molecule has 1 fully saturated rings. The van der Waals surface area contributed by atoms with Crippen molar-refractivity contribution in [3.05, 3.63) is 29.3 Å². The Hall–Kier alpha value is -1.56. The second-order valence-electron chi connectivity index (χ2n) is 7.47. The zero-order valence-corrected chi connectivity index (χ0v) is 17.1. The van der Waals surface area contributed by atoms with E-state index in [0.717, 1.165) is 17.7 Å². The first-order valence-corrected chi connectivity index (χ1v) is 11.4. The maximum absolute atomic E-state index is 12.2. The summed E-state index contributed by atoms with van der Waals surface area (Å²) in [5, 5.41) is 3.02. The lowest BCUT2D eigenvalue weighted by atomic mass is 9.89. The minimum atomic E-state index is -3.38. The number of nitrogens with zero attached hydrogens (tertiary/aromatic N) is 1. The van der Waals surface area contributed by atoms with E-state index in [0.29, 0.717) is 31.0 Å². The summed E-state index contributed by atoms with van der Waals surface area (Å²) in [5.41, 5.74) is 2.72. The Morgan fingerprint density at radius 1 is 1.19 bits per heavy atom. The van der Waals surface area contributed by atoms with Crippen LogP contribution in [0.1, 0.15) is 56.1 Å². The molecule has 0 aliphatic heterocycles. The van der Waals surface area contributed by atoms with Crippen molar-refractivity contribution in [2.24, 2.45) is 5.92 Å². The van der Waals surface area contributed by atoms with Gasteiger partial charge in [0.25, 0.3) is 0 Å². The van der Waals surface area contributed by atoms with Crippen LogP contribution in [0, 0.1) is 19.8 Å². The average molecular weight is 381 g/mol. The molecule has 1 amide bonds. The van der Waals surface area contributed by atoms with Gasteiger partial charge in [-0.25, -0.2) is 8.42 Å². The lowest BCUT2D eigenvalue weighted by Gasteiger charge is -2.25. The van der Waals surface area contributed by atoms with Crippen molar-refractivity contribution in [3.8, 4) is 0 Å². The van der Waals surface area contributed by atoms with Crippen molar-refractivity contribution in [2.75, 3.05) is 23.7 Å². The quantitative estimate of drug-likeness (QED) is 0.750. The standard InChI is InChI=1S/C20H32N2O3S/c1-16-9-7-12-19(17(16)2)22(26(3,24)25)14-8-13-20(23)21-15-18-10-5-4-6-11-18/h7,9,12,18H,4-6,8,10-11,13-15H2,1-3H3,(H,21,23). The zero-order valence-electron chi connectivity index (χ0n) is 16.3. The van der Waals surface area contributed by atoms with E-state index in [4.69, 9.17) is 0 Å². The highest BCUT2D eigenvalue weighted by Crippen LogP contribution is 2.25. The molecule has 2 rings (SSSR count). The van der Waals surface area contributed by atoms with E-state index in [1.54, 1.807) is 0 Å². The van der Waals surface area contributed by atoms with E-state index >= 15 is 0 Å². The molecule has 1 saturated carbocycles. The number of rotatable bonds is 8. The first-order valence-electron chi connectivity index (χ1n) is 9.59. The Labute approximate surface area is 158 Å². The van der Waals surface area contributed by atoms with Crippen molar-refractivity contribution in [1.82, 2.24) is 5.32 Å². The predicted molar refractivity (Wildman–Crippen MR) is 107 cm³/mol. The van der Waals surface area contributed by atoms with Crippen LogP contribution in [0.3, 0.4) is 0 Å². The molecule has 1 N–H and O–H groups in total. The van der Waals surface area contributed by atoms with E-state index in [9.17, 15) is 13.2 Å². The molecule has 0 heterocycles. The first-order chi connectivity index (χ1) is 12.3. The number of nitrogens with one attached hydrogen (secondary N) is 1. The smallest absolute Gasteiger partial charge is 0.232 e. The third-order valence-electron chi connectivity index (χ3n) is 5.32. The summed E-state index contributed by atoms with van der Waals surface area (Å²) in [6, 6.07) is 5.66. The molecule has 26 heavy (non-hydrogen) atoms. The van der Waals surface area contributed by atoms with Crippen molar-refractivity contribution in [1.29, 1.82) is 0 Å². The van der Waals surface area contributed by atoms with E-state index in [1.807, 2.05) is 32.0 Å². The van der Waals surface area contributed by atoms with Crippen molar-refractivity contribution in [2.45, 2.75) is 58.8 Å². The molecule has 0 unspecified atom stereocenters. The number of sulfonamides is 1. The Morgan fingerprint density at radius 3 is 2.54 bits per heavy atom. The summed E-state index contributed by atoms with van der Waals surface area (Å²) in [6.45, 7) is 4.98.